The number of carbonyl (C=O) groups excluding carboxylic acids is 4. The van der Waals surface area contributed by atoms with Gasteiger partial charge in [-0.05, 0) is 114 Å². The van der Waals surface area contributed by atoms with Gasteiger partial charge >= 0.3 is 0 Å². The van der Waals surface area contributed by atoms with Crippen molar-refractivity contribution in [2.75, 3.05) is 34.4 Å². The molecule has 0 spiro atoms. The number of aromatic amines is 2. The molecular weight excluding hydrogens is 725 g/mol. The van der Waals surface area contributed by atoms with Crippen LogP contribution in [-0.2, 0) is 16.0 Å². The normalized spacial score (nSPS) is 11.4. The van der Waals surface area contributed by atoms with Gasteiger partial charge in [0.05, 0.1) is 0 Å². The van der Waals surface area contributed by atoms with Crippen molar-refractivity contribution in [1.29, 1.82) is 10.8 Å². The van der Waals surface area contributed by atoms with Gasteiger partial charge in [-0.15, -0.1) is 0 Å². The molecule has 0 atom stereocenters. The van der Waals surface area contributed by atoms with E-state index >= 15 is 0 Å². The van der Waals surface area contributed by atoms with Crippen molar-refractivity contribution >= 4 is 80.1 Å². The molecule has 0 radical (unpaired) electrons. The van der Waals surface area contributed by atoms with Crippen molar-refractivity contribution in [2.24, 2.45) is 11.5 Å². The number of guanidine groups is 2. The van der Waals surface area contributed by atoms with Gasteiger partial charge in [0.25, 0.3) is 11.8 Å². The largest absolute Gasteiger partial charge is 0.370 e. The molecule has 1 aliphatic rings. The highest BCUT2D eigenvalue weighted by atomic mass is 16.2. The van der Waals surface area contributed by atoms with Crippen molar-refractivity contribution < 1.29 is 19.2 Å². The minimum Gasteiger partial charge on any atom is -0.370 e. The van der Waals surface area contributed by atoms with Crippen LogP contribution in [0.25, 0.3) is 32.9 Å². The Labute approximate surface area is 326 Å². The Morgan fingerprint density at radius 2 is 0.947 bits per heavy atom. The third-order valence-electron chi connectivity index (χ3n) is 9.49. The summed E-state index contributed by atoms with van der Waals surface area (Å²) in [6.45, 7) is 0.867. The molecule has 290 valence electrons. The van der Waals surface area contributed by atoms with Crippen molar-refractivity contribution in [3.8, 4) is 11.1 Å². The van der Waals surface area contributed by atoms with Crippen molar-refractivity contribution in [3.05, 3.63) is 107 Å². The molecule has 7 rings (SSSR count). The molecule has 0 unspecified atom stereocenters. The first-order valence-electron chi connectivity index (χ1n) is 18.4. The van der Waals surface area contributed by atoms with Gasteiger partial charge in [0.2, 0.25) is 11.8 Å². The third-order valence-corrected chi connectivity index (χ3v) is 9.49. The van der Waals surface area contributed by atoms with Crippen molar-refractivity contribution in [3.63, 3.8) is 0 Å². The molecule has 0 fully saturated rings. The van der Waals surface area contributed by atoms with E-state index in [4.69, 9.17) is 22.3 Å². The number of benzene rings is 4. The number of hydrogen-bond acceptors (Lipinski definition) is 6. The number of rotatable bonds is 14. The zero-order valence-electron chi connectivity index (χ0n) is 30.8. The fourth-order valence-corrected chi connectivity index (χ4v) is 6.82. The van der Waals surface area contributed by atoms with Crippen LogP contribution in [0, 0.1) is 10.8 Å². The molecule has 4 aromatic carbocycles. The minimum atomic E-state index is -0.302. The van der Waals surface area contributed by atoms with Crippen molar-refractivity contribution in [2.45, 2.75) is 32.1 Å². The lowest BCUT2D eigenvalue weighted by Crippen LogP contribution is -2.31. The van der Waals surface area contributed by atoms with Gasteiger partial charge in [-0.2, -0.15) is 0 Å². The van der Waals surface area contributed by atoms with E-state index in [0.29, 0.717) is 66.5 Å². The molecule has 6 aromatic rings. The number of amides is 4. The summed E-state index contributed by atoms with van der Waals surface area (Å²) in [5.41, 5.74) is 19.5. The predicted molar refractivity (Wildman–Crippen MR) is 223 cm³/mol. The quantitative estimate of drug-likeness (QED) is 0.0400. The van der Waals surface area contributed by atoms with E-state index in [1.165, 1.54) is 0 Å². The lowest BCUT2D eigenvalue weighted by molar-refractivity contribution is -0.117. The Bertz CT molecular complexity index is 2400. The van der Waals surface area contributed by atoms with E-state index in [1.807, 2.05) is 48.5 Å². The molecule has 57 heavy (non-hydrogen) atoms. The molecule has 4 amide bonds. The van der Waals surface area contributed by atoms with Crippen LogP contribution in [0.2, 0.25) is 0 Å². The molecule has 2 heterocycles. The fraction of sp³-hybridized carbons (Fsp3) is 0.171. The second kappa shape index (κ2) is 16.4. The van der Waals surface area contributed by atoms with Crippen LogP contribution in [0.3, 0.4) is 0 Å². The Morgan fingerprint density at radius 3 is 1.37 bits per heavy atom. The maximum atomic E-state index is 13.3. The molecule has 16 heteroatoms. The summed E-state index contributed by atoms with van der Waals surface area (Å²) >= 11 is 0. The zero-order valence-corrected chi connectivity index (χ0v) is 30.8. The first kappa shape index (κ1) is 37.7. The van der Waals surface area contributed by atoms with E-state index in [9.17, 15) is 19.2 Å². The molecule has 0 aliphatic heterocycles. The molecule has 14 N–H and O–H groups in total. The van der Waals surface area contributed by atoms with Crippen LogP contribution in [0.5, 0.6) is 0 Å². The highest BCUT2D eigenvalue weighted by Gasteiger charge is 2.21. The van der Waals surface area contributed by atoms with E-state index in [-0.39, 0.29) is 48.4 Å². The molecular formula is C41H42N12O4. The first-order valence-corrected chi connectivity index (χ1v) is 18.4. The number of nitrogens with one attached hydrogen (secondary N) is 10. The lowest BCUT2D eigenvalue weighted by atomic mass is 10.0. The van der Waals surface area contributed by atoms with Crippen LogP contribution >= 0.6 is 0 Å². The minimum absolute atomic E-state index is 0.131. The van der Waals surface area contributed by atoms with E-state index in [0.717, 1.165) is 44.1 Å². The van der Waals surface area contributed by atoms with Crippen LogP contribution in [-0.4, -0.2) is 58.6 Å². The Kier molecular flexibility index (Phi) is 10.8. The summed E-state index contributed by atoms with van der Waals surface area (Å²) in [7, 11) is 0. The van der Waals surface area contributed by atoms with Gasteiger partial charge in [-0.25, -0.2) is 0 Å². The summed E-state index contributed by atoms with van der Waals surface area (Å²) in [5, 5.41) is 33.0. The van der Waals surface area contributed by atoms with Crippen LogP contribution in [0.4, 0.5) is 22.7 Å². The smallest absolute Gasteiger partial charge is 0.272 e. The Morgan fingerprint density at radius 1 is 0.544 bits per heavy atom. The lowest BCUT2D eigenvalue weighted by Gasteiger charge is -2.08. The molecule has 16 nitrogen and oxygen atoms in total. The average molecular weight is 767 g/mol. The molecule has 0 bridgehead atoms. The maximum Gasteiger partial charge on any atom is 0.272 e. The van der Waals surface area contributed by atoms with Crippen LogP contribution in [0.1, 0.15) is 57.8 Å². The summed E-state index contributed by atoms with van der Waals surface area (Å²) in [4.78, 5) is 57.6. The molecule has 1 aliphatic carbocycles. The number of nitrogens with two attached hydrogens (primary N) is 2. The van der Waals surface area contributed by atoms with E-state index < -0.39 is 0 Å². The summed E-state index contributed by atoms with van der Waals surface area (Å²) < 4.78 is 0. The van der Waals surface area contributed by atoms with Gasteiger partial charge in [0, 0.05) is 70.5 Å². The van der Waals surface area contributed by atoms with Crippen LogP contribution < -0.4 is 43.4 Å². The number of hydrogen-bond donors (Lipinski definition) is 12. The zero-order chi connectivity index (χ0) is 40.1. The van der Waals surface area contributed by atoms with Gasteiger partial charge < -0.3 is 53.3 Å². The summed E-state index contributed by atoms with van der Waals surface area (Å²) in [6, 6.07) is 25.9. The second-order valence-electron chi connectivity index (χ2n) is 13.8. The highest BCUT2D eigenvalue weighted by molar-refractivity contribution is 6.08. The average Bonchev–Trinajstić information content (AvgIpc) is 3.89. The van der Waals surface area contributed by atoms with Crippen LogP contribution in [0.15, 0.2) is 84.9 Å². The number of anilines is 4. The van der Waals surface area contributed by atoms with Gasteiger partial charge in [0.1, 0.15) is 11.4 Å². The SMILES string of the molecule is N=C(N)NCCCC(=O)Nc1ccc2[nH]c(C(=O)Nc3ccc4c(c3)Cc3cc(NC(=O)c5cc6cc(NC(=O)CCCNC(=N)N)ccc6[nH]5)ccc3-4)cc2c1. The monoisotopic (exact) mass is 766 g/mol. The number of H-pyrrole nitrogens is 2. The van der Waals surface area contributed by atoms with Gasteiger partial charge in [0.15, 0.2) is 11.9 Å². The standard InChI is InChI=1S/C41H42N12O4/c42-40(43)46-13-1-3-36(54)48-26-7-11-32-24(18-26)20-34(52-32)38(56)50-28-5-9-30-22(16-28)15-23-17-29(6-10-31(23)30)51-39(57)35-21-25-19-27(8-12-33(25)53-35)49-37(55)4-2-14-47-41(44)45/h5-12,16-21,52-53H,1-4,13-15H2,(H,48,54)(H,49,55)(H,50,56)(H,51,57)(H4,42,43,46)(H4,44,45,47). The number of fused-ring (bicyclic) bond motifs is 5. The van der Waals surface area contributed by atoms with Gasteiger partial charge in [-0.1, -0.05) is 12.1 Å². The molecule has 0 saturated carbocycles. The number of aromatic nitrogens is 2. The highest BCUT2D eigenvalue weighted by Crippen LogP contribution is 2.39. The first-order chi connectivity index (χ1) is 27.5. The Hall–Kier alpha value is -7.62. The summed E-state index contributed by atoms with van der Waals surface area (Å²) in [6.07, 6.45) is 2.22. The second-order valence-corrected chi connectivity index (χ2v) is 13.8. The fourth-order valence-electron chi connectivity index (χ4n) is 6.82. The van der Waals surface area contributed by atoms with Crippen molar-refractivity contribution in [1.82, 2.24) is 20.6 Å². The molecule has 2 aromatic heterocycles. The van der Waals surface area contributed by atoms with Gasteiger partial charge in [-0.3, -0.25) is 30.0 Å². The molecule has 0 saturated heterocycles. The van der Waals surface area contributed by atoms with E-state index in [1.54, 1.807) is 36.4 Å². The van der Waals surface area contributed by atoms with E-state index in [2.05, 4.69) is 41.9 Å². The maximum absolute atomic E-state index is 13.3. The predicted octanol–water partition coefficient (Wildman–Crippen LogP) is 5.13. The third kappa shape index (κ3) is 9.20. The summed E-state index contributed by atoms with van der Waals surface area (Å²) in [5.74, 6) is -1.19. The topological polar surface area (TPSA) is 272 Å². The Balaban J connectivity index is 0.938. The number of carbonyl (C=O) groups is 4.